The monoisotopic (exact) mass is 433 g/mol. The number of nitrogens with zero attached hydrogens (tertiary/aromatic N) is 2. The van der Waals surface area contributed by atoms with Crippen molar-refractivity contribution >= 4 is 28.6 Å². The number of aromatic nitrogens is 2. The predicted octanol–water partition coefficient (Wildman–Crippen LogP) is 3.19. The fourth-order valence-electron chi connectivity index (χ4n) is 4.07. The Bertz CT molecular complexity index is 1130. The quantitative estimate of drug-likeness (QED) is 0.574. The number of H-pyrrole nitrogens is 1. The Morgan fingerprint density at radius 1 is 1.23 bits per heavy atom. The minimum Gasteiger partial charge on any atom is -0.478 e. The molecule has 0 amide bonds. The highest BCUT2D eigenvalue weighted by molar-refractivity contribution is 6.30. The number of nitrogens with one attached hydrogen (secondary N) is 1. The van der Waals surface area contributed by atoms with Gasteiger partial charge < -0.3 is 20.1 Å². The molecule has 30 heavy (non-hydrogen) atoms. The SMILES string of the molecule is O=C(O)c1cc2[nH]c(=O)n(C3CCN(CC(O)c4ccc(Cl)cc4)CC3)c2cc1F. The van der Waals surface area contributed by atoms with Crippen LogP contribution in [0.2, 0.25) is 5.02 Å². The van der Waals surface area contributed by atoms with E-state index in [-0.39, 0.29) is 11.7 Å². The molecule has 0 spiro atoms. The van der Waals surface area contributed by atoms with Crippen LogP contribution >= 0.6 is 11.6 Å². The van der Waals surface area contributed by atoms with Crippen LogP contribution in [-0.4, -0.2) is 50.3 Å². The number of aromatic carboxylic acids is 1. The van der Waals surface area contributed by atoms with Crippen LogP contribution in [0.15, 0.2) is 41.2 Å². The summed E-state index contributed by atoms with van der Waals surface area (Å²) in [5.74, 6) is -2.25. The van der Waals surface area contributed by atoms with Crippen LogP contribution in [0.1, 0.15) is 40.9 Å². The van der Waals surface area contributed by atoms with Crippen molar-refractivity contribution in [1.82, 2.24) is 14.5 Å². The third-order valence-electron chi connectivity index (χ3n) is 5.64. The van der Waals surface area contributed by atoms with E-state index in [4.69, 9.17) is 16.7 Å². The van der Waals surface area contributed by atoms with Gasteiger partial charge in [-0.25, -0.2) is 14.0 Å². The molecule has 1 fully saturated rings. The smallest absolute Gasteiger partial charge is 0.338 e. The molecule has 3 aromatic rings. The molecule has 7 nitrogen and oxygen atoms in total. The molecule has 3 N–H and O–H groups in total. The number of β-amino-alcohol motifs (C(OH)–C–C–N with tert-alkyl or cyclic N) is 1. The Hall–Kier alpha value is -2.68. The summed E-state index contributed by atoms with van der Waals surface area (Å²) in [5, 5.41) is 20.2. The Balaban J connectivity index is 1.47. The summed E-state index contributed by atoms with van der Waals surface area (Å²) in [4.78, 5) is 28.4. The number of carboxylic acid groups (broad SMARTS) is 1. The summed E-state index contributed by atoms with van der Waals surface area (Å²) in [6, 6.07) is 9.20. The minimum atomic E-state index is -1.38. The molecule has 1 aromatic heterocycles. The van der Waals surface area contributed by atoms with E-state index in [9.17, 15) is 19.1 Å². The van der Waals surface area contributed by atoms with Crippen LogP contribution in [0, 0.1) is 5.82 Å². The molecule has 1 atom stereocenters. The molecule has 1 unspecified atom stereocenters. The number of aromatic amines is 1. The molecule has 0 radical (unpaired) electrons. The summed E-state index contributed by atoms with van der Waals surface area (Å²) in [6.07, 6.45) is 0.670. The summed E-state index contributed by atoms with van der Waals surface area (Å²) in [5.41, 5.74) is 0.606. The van der Waals surface area contributed by atoms with Gasteiger partial charge in [-0.2, -0.15) is 0 Å². The number of hydrogen-bond acceptors (Lipinski definition) is 4. The van der Waals surface area contributed by atoms with Crippen molar-refractivity contribution in [3.63, 3.8) is 0 Å². The van der Waals surface area contributed by atoms with Gasteiger partial charge in [0.2, 0.25) is 0 Å². The lowest BCUT2D eigenvalue weighted by molar-refractivity contribution is 0.0692. The lowest BCUT2D eigenvalue weighted by Gasteiger charge is -2.33. The molecule has 0 bridgehead atoms. The Morgan fingerprint density at radius 2 is 1.90 bits per heavy atom. The fraction of sp³-hybridized carbons (Fsp3) is 0.333. The maximum absolute atomic E-state index is 14.2. The molecule has 1 aliphatic rings. The highest BCUT2D eigenvalue weighted by Gasteiger charge is 2.26. The Kier molecular flexibility index (Phi) is 5.64. The normalized spacial score (nSPS) is 16.8. The largest absolute Gasteiger partial charge is 0.478 e. The lowest BCUT2D eigenvalue weighted by atomic mass is 10.0. The molecule has 1 saturated heterocycles. The first-order valence-corrected chi connectivity index (χ1v) is 10.0. The standard InChI is InChI=1S/C21H21ClFN3O4/c22-13-3-1-12(2-4-13)19(27)11-25-7-5-14(6-8-25)26-18-10-16(23)15(20(28)29)9-17(18)24-21(26)30/h1-4,9-10,14,19,27H,5-8,11H2,(H,24,30)(H,28,29). The second kappa shape index (κ2) is 8.22. The van der Waals surface area contributed by atoms with E-state index >= 15 is 0 Å². The van der Waals surface area contributed by atoms with Crippen LogP contribution < -0.4 is 5.69 Å². The second-order valence-corrected chi connectivity index (χ2v) is 7.99. The molecule has 2 heterocycles. The van der Waals surface area contributed by atoms with Gasteiger partial charge in [-0.05, 0) is 36.6 Å². The Morgan fingerprint density at radius 3 is 2.53 bits per heavy atom. The minimum absolute atomic E-state index is 0.134. The van der Waals surface area contributed by atoms with Crippen molar-refractivity contribution in [3.8, 4) is 0 Å². The average Bonchev–Trinajstić information content (AvgIpc) is 3.03. The molecule has 0 aliphatic carbocycles. The van der Waals surface area contributed by atoms with E-state index in [2.05, 4.69) is 9.88 Å². The number of aliphatic hydroxyl groups excluding tert-OH is 1. The zero-order chi connectivity index (χ0) is 21.4. The highest BCUT2D eigenvalue weighted by atomic mass is 35.5. The van der Waals surface area contributed by atoms with Gasteiger partial charge in [-0.1, -0.05) is 23.7 Å². The number of fused-ring (bicyclic) bond motifs is 1. The van der Waals surface area contributed by atoms with E-state index in [1.807, 2.05) is 0 Å². The summed E-state index contributed by atoms with van der Waals surface area (Å²) >= 11 is 5.89. The molecule has 9 heteroatoms. The van der Waals surface area contributed by atoms with Crippen LogP contribution in [0.4, 0.5) is 4.39 Å². The van der Waals surface area contributed by atoms with E-state index in [0.29, 0.717) is 48.5 Å². The first-order valence-electron chi connectivity index (χ1n) is 9.66. The van der Waals surface area contributed by atoms with E-state index < -0.39 is 23.5 Å². The molecule has 2 aromatic carbocycles. The highest BCUT2D eigenvalue weighted by Crippen LogP contribution is 2.27. The number of halogens is 2. The fourth-order valence-corrected chi connectivity index (χ4v) is 4.19. The van der Waals surface area contributed by atoms with Crippen LogP contribution in [0.25, 0.3) is 11.0 Å². The van der Waals surface area contributed by atoms with Crippen molar-refractivity contribution in [2.24, 2.45) is 0 Å². The molecule has 0 saturated carbocycles. The molecular weight excluding hydrogens is 413 g/mol. The van der Waals surface area contributed by atoms with Crippen molar-refractivity contribution in [2.45, 2.75) is 25.0 Å². The van der Waals surface area contributed by atoms with Gasteiger partial charge >= 0.3 is 11.7 Å². The van der Waals surface area contributed by atoms with Crippen LogP contribution in [0.5, 0.6) is 0 Å². The maximum Gasteiger partial charge on any atom is 0.338 e. The van der Waals surface area contributed by atoms with Crippen LogP contribution in [0.3, 0.4) is 0 Å². The van der Waals surface area contributed by atoms with Gasteiger partial charge in [0, 0.05) is 36.8 Å². The average molecular weight is 434 g/mol. The zero-order valence-corrected chi connectivity index (χ0v) is 16.8. The van der Waals surface area contributed by atoms with Crippen molar-refractivity contribution in [2.75, 3.05) is 19.6 Å². The van der Waals surface area contributed by atoms with E-state index in [1.165, 1.54) is 4.57 Å². The Labute approximate surface area is 176 Å². The van der Waals surface area contributed by atoms with Gasteiger partial charge in [0.1, 0.15) is 5.82 Å². The lowest BCUT2D eigenvalue weighted by Crippen LogP contribution is -2.39. The molecule has 4 rings (SSSR count). The summed E-state index contributed by atoms with van der Waals surface area (Å²) in [6.45, 7) is 1.81. The second-order valence-electron chi connectivity index (χ2n) is 7.55. The number of imidazole rings is 1. The maximum atomic E-state index is 14.2. The van der Waals surface area contributed by atoms with E-state index in [1.54, 1.807) is 24.3 Å². The summed E-state index contributed by atoms with van der Waals surface area (Å²) in [7, 11) is 0. The molecule has 158 valence electrons. The third kappa shape index (κ3) is 3.98. The number of carbonyl (C=O) groups is 1. The number of hydrogen-bond donors (Lipinski definition) is 3. The van der Waals surface area contributed by atoms with Gasteiger partial charge in [-0.15, -0.1) is 0 Å². The van der Waals surface area contributed by atoms with Crippen molar-refractivity contribution in [3.05, 3.63) is 68.8 Å². The zero-order valence-electron chi connectivity index (χ0n) is 16.0. The van der Waals surface area contributed by atoms with Gasteiger partial charge in [0.05, 0.1) is 22.7 Å². The number of carboxylic acids is 1. The summed E-state index contributed by atoms with van der Waals surface area (Å²) < 4.78 is 15.7. The molecular formula is C21H21ClFN3O4. The first-order chi connectivity index (χ1) is 14.3. The van der Waals surface area contributed by atoms with Gasteiger partial charge in [-0.3, -0.25) is 4.57 Å². The third-order valence-corrected chi connectivity index (χ3v) is 5.90. The van der Waals surface area contributed by atoms with Gasteiger partial charge in [0.15, 0.2) is 0 Å². The first kappa shape index (κ1) is 20.6. The number of likely N-dealkylation sites (tertiary alicyclic amines) is 1. The number of piperidine rings is 1. The van der Waals surface area contributed by atoms with E-state index in [0.717, 1.165) is 17.7 Å². The van der Waals surface area contributed by atoms with Crippen molar-refractivity contribution < 1.29 is 19.4 Å². The predicted molar refractivity (Wildman–Crippen MR) is 111 cm³/mol. The topological polar surface area (TPSA) is 98.6 Å². The number of benzene rings is 2. The van der Waals surface area contributed by atoms with Crippen molar-refractivity contribution in [1.29, 1.82) is 0 Å². The van der Waals surface area contributed by atoms with Gasteiger partial charge in [0.25, 0.3) is 0 Å². The number of aliphatic hydroxyl groups is 1. The van der Waals surface area contributed by atoms with Crippen LogP contribution in [-0.2, 0) is 0 Å². The number of rotatable bonds is 5. The molecule has 1 aliphatic heterocycles.